The number of aliphatic hydroxyl groups is 1. The van der Waals surface area contributed by atoms with Gasteiger partial charge in [0.05, 0.1) is 17.4 Å². The van der Waals surface area contributed by atoms with E-state index in [4.69, 9.17) is 0 Å². The van der Waals surface area contributed by atoms with Crippen LogP contribution in [0.3, 0.4) is 0 Å². The molecule has 1 aliphatic rings. The summed E-state index contributed by atoms with van der Waals surface area (Å²) < 4.78 is 80.8. The largest absolute Gasteiger partial charge is 0.466 e. The molecule has 1 aliphatic carbocycles. The lowest BCUT2D eigenvalue weighted by Gasteiger charge is -2.23. The maximum Gasteiger partial charge on any atom is 0.422 e. The Labute approximate surface area is 178 Å². The van der Waals surface area contributed by atoms with E-state index in [1.54, 1.807) is 6.92 Å². The Morgan fingerprint density at radius 2 is 1.78 bits per heavy atom. The minimum Gasteiger partial charge on any atom is -0.466 e. The zero-order chi connectivity index (χ0) is 23.7. The zero-order valence-corrected chi connectivity index (χ0v) is 16.7. The van der Waals surface area contributed by atoms with Crippen molar-refractivity contribution >= 4 is 5.91 Å². The number of alkyl halides is 6. The van der Waals surface area contributed by atoms with Crippen LogP contribution in [-0.4, -0.2) is 45.9 Å². The van der Waals surface area contributed by atoms with Gasteiger partial charge in [-0.05, 0) is 37.8 Å². The molecule has 1 aromatic heterocycles. The van der Waals surface area contributed by atoms with Gasteiger partial charge in [0.1, 0.15) is 11.4 Å². The molecule has 0 bridgehead atoms. The molecule has 1 amide bonds. The first-order valence-electron chi connectivity index (χ1n) is 9.51. The number of amides is 1. The molecule has 32 heavy (non-hydrogen) atoms. The van der Waals surface area contributed by atoms with Crippen molar-refractivity contribution in [1.82, 2.24) is 15.3 Å². The molecular formula is C20H19F6N3O3. The van der Waals surface area contributed by atoms with Gasteiger partial charge in [0.25, 0.3) is 5.91 Å². The first kappa shape index (κ1) is 23.8. The lowest BCUT2D eigenvalue weighted by atomic mass is 10.0. The summed E-state index contributed by atoms with van der Waals surface area (Å²) in [5, 5.41) is 12.8. The second-order valence-corrected chi connectivity index (χ2v) is 7.70. The van der Waals surface area contributed by atoms with Gasteiger partial charge in [0.15, 0.2) is 6.61 Å². The van der Waals surface area contributed by atoms with Gasteiger partial charge < -0.3 is 15.2 Å². The molecular weight excluding hydrogens is 444 g/mol. The average molecular weight is 463 g/mol. The minimum atomic E-state index is -4.69. The Balaban J connectivity index is 1.88. The number of aromatic nitrogens is 2. The third kappa shape index (κ3) is 6.09. The minimum absolute atomic E-state index is 0.0256. The molecule has 2 N–H and O–H groups in total. The molecule has 1 saturated carbocycles. The van der Waals surface area contributed by atoms with Crippen LogP contribution in [0.25, 0.3) is 11.3 Å². The number of nitrogens with one attached hydrogen (secondary N) is 1. The smallest absolute Gasteiger partial charge is 0.422 e. The van der Waals surface area contributed by atoms with Gasteiger partial charge in [0.2, 0.25) is 5.88 Å². The fourth-order valence-corrected chi connectivity index (χ4v) is 2.95. The van der Waals surface area contributed by atoms with Crippen LogP contribution in [0.4, 0.5) is 26.3 Å². The van der Waals surface area contributed by atoms with E-state index in [9.17, 15) is 36.2 Å². The molecule has 6 nitrogen and oxygen atoms in total. The number of nitrogens with zero attached hydrogens (tertiary/aromatic N) is 2. The quantitative estimate of drug-likeness (QED) is 0.607. The van der Waals surface area contributed by atoms with Crippen LogP contribution in [0.1, 0.15) is 35.8 Å². The molecule has 0 unspecified atom stereocenters. The van der Waals surface area contributed by atoms with Crippen LogP contribution < -0.4 is 10.1 Å². The number of carbonyl (C=O) groups is 1. The van der Waals surface area contributed by atoms with Gasteiger partial charge in [0, 0.05) is 12.1 Å². The van der Waals surface area contributed by atoms with Crippen molar-refractivity contribution in [2.24, 2.45) is 5.92 Å². The van der Waals surface area contributed by atoms with Crippen LogP contribution in [0.2, 0.25) is 0 Å². The van der Waals surface area contributed by atoms with Gasteiger partial charge >= 0.3 is 12.4 Å². The van der Waals surface area contributed by atoms with Crippen molar-refractivity contribution in [2.45, 2.75) is 37.7 Å². The summed E-state index contributed by atoms with van der Waals surface area (Å²) in [4.78, 5) is 20.1. The highest BCUT2D eigenvalue weighted by Gasteiger charge is 2.40. The number of rotatable bonds is 7. The molecule has 3 rings (SSSR count). The molecule has 0 aliphatic heterocycles. The molecule has 174 valence electrons. The van der Waals surface area contributed by atoms with Gasteiger partial charge in [-0.2, -0.15) is 26.3 Å². The van der Waals surface area contributed by atoms with Crippen LogP contribution in [-0.2, 0) is 6.18 Å². The molecule has 1 atom stereocenters. The number of halogens is 6. The summed E-state index contributed by atoms with van der Waals surface area (Å²) in [6.45, 7) is -0.219. The summed E-state index contributed by atoms with van der Waals surface area (Å²) in [5.41, 5.74) is -2.75. The number of hydrogen-bond donors (Lipinski definition) is 2. The molecule has 2 aromatic rings. The van der Waals surface area contributed by atoms with E-state index in [0.717, 1.165) is 43.3 Å². The van der Waals surface area contributed by atoms with Gasteiger partial charge in [-0.15, -0.1) is 0 Å². The normalized spacial score (nSPS) is 16.4. The highest BCUT2D eigenvalue weighted by Crippen LogP contribution is 2.39. The van der Waals surface area contributed by atoms with E-state index in [1.165, 1.54) is 0 Å². The summed E-state index contributed by atoms with van der Waals surface area (Å²) in [6, 6.07) is 3.44. The third-order valence-corrected chi connectivity index (χ3v) is 4.89. The van der Waals surface area contributed by atoms with Gasteiger partial charge in [-0.25, -0.2) is 9.97 Å². The van der Waals surface area contributed by atoms with Crippen LogP contribution >= 0.6 is 0 Å². The van der Waals surface area contributed by atoms with Crippen molar-refractivity contribution in [3.05, 3.63) is 41.7 Å². The van der Waals surface area contributed by atoms with E-state index >= 15 is 0 Å². The van der Waals surface area contributed by atoms with Crippen molar-refractivity contribution in [1.29, 1.82) is 0 Å². The zero-order valence-electron chi connectivity index (χ0n) is 16.7. The lowest BCUT2D eigenvalue weighted by Crippen LogP contribution is -2.42. The third-order valence-electron chi connectivity index (χ3n) is 4.89. The fourth-order valence-electron chi connectivity index (χ4n) is 2.95. The van der Waals surface area contributed by atoms with Crippen LogP contribution in [0, 0.1) is 5.92 Å². The summed E-state index contributed by atoms with van der Waals surface area (Å²) in [5.74, 6) is -1.30. The number of benzene rings is 1. The van der Waals surface area contributed by atoms with Gasteiger partial charge in [-0.3, -0.25) is 4.79 Å². The van der Waals surface area contributed by atoms with E-state index in [0.29, 0.717) is 0 Å². The summed E-state index contributed by atoms with van der Waals surface area (Å²) >= 11 is 0. The molecule has 0 saturated heterocycles. The Morgan fingerprint density at radius 3 is 2.31 bits per heavy atom. The second-order valence-electron chi connectivity index (χ2n) is 7.70. The Morgan fingerprint density at radius 1 is 1.16 bits per heavy atom. The van der Waals surface area contributed by atoms with E-state index in [-0.39, 0.29) is 29.4 Å². The summed E-state index contributed by atoms with van der Waals surface area (Å²) in [6.07, 6.45) is -6.76. The Hall–Kier alpha value is -2.89. The second kappa shape index (κ2) is 8.57. The number of hydrogen-bond acceptors (Lipinski definition) is 5. The number of carbonyl (C=O) groups excluding carboxylic acids is 1. The van der Waals surface area contributed by atoms with E-state index in [2.05, 4.69) is 20.0 Å². The molecule has 0 spiro atoms. The lowest BCUT2D eigenvalue weighted by molar-refractivity contribution is -0.154. The Kier molecular flexibility index (Phi) is 6.36. The Bertz CT molecular complexity index is 970. The highest BCUT2D eigenvalue weighted by molar-refractivity contribution is 5.92. The molecule has 1 aromatic carbocycles. The maximum absolute atomic E-state index is 12.8. The SMILES string of the molecule is C[C@](O)(CNC(=O)c1cnc(OCC(F)(F)F)c(-c2ccc(C(F)(F)F)cc2)n1)C1CC1. The van der Waals surface area contributed by atoms with Crippen LogP contribution in [0.15, 0.2) is 30.5 Å². The molecule has 1 fully saturated rings. The van der Waals surface area contributed by atoms with Crippen molar-refractivity contribution in [2.75, 3.05) is 13.2 Å². The molecule has 12 heteroatoms. The average Bonchev–Trinajstić information content (AvgIpc) is 3.55. The standard InChI is InChI=1S/C20H19F6N3O3/c1-18(31,12-6-7-12)9-28-16(30)14-8-27-17(32-10-19(21,22)23)15(29-14)11-2-4-13(5-3-11)20(24,25)26/h2-5,8,12,31H,6-7,9-10H2,1H3,(H,28,30)/t18-/m0/s1. The van der Waals surface area contributed by atoms with E-state index < -0.39 is 41.9 Å². The summed E-state index contributed by atoms with van der Waals surface area (Å²) in [7, 11) is 0. The maximum atomic E-state index is 12.8. The monoisotopic (exact) mass is 463 g/mol. The fraction of sp³-hybridized carbons (Fsp3) is 0.450. The number of ether oxygens (including phenoxy) is 1. The van der Waals surface area contributed by atoms with Crippen molar-refractivity contribution in [3.8, 4) is 17.1 Å². The van der Waals surface area contributed by atoms with Gasteiger partial charge in [-0.1, -0.05) is 12.1 Å². The first-order valence-corrected chi connectivity index (χ1v) is 9.51. The molecule has 1 heterocycles. The molecule has 0 radical (unpaired) electrons. The van der Waals surface area contributed by atoms with E-state index in [1.807, 2.05) is 0 Å². The highest BCUT2D eigenvalue weighted by atomic mass is 19.4. The predicted octanol–water partition coefficient (Wildman–Crippen LogP) is 3.99. The van der Waals surface area contributed by atoms with Crippen molar-refractivity contribution in [3.63, 3.8) is 0 Å². The topological polar surface area (TPSA) is 84.3 Å². The van der Waals surface area contributed by atoms with Crippen LogP contribution in [0.5, 0.6) is 5.88 Å². The first-order chi connectivity index (χ1) is 14.8. The predicted molar refractivity (Wildman–Crippen MR) is 99.7 cm³/mol. The van der Waals surface area contributed by atoms with Crippen molar-refractivity contribution < 1.29 is 41.0 Å².